The summed E-state index contributed by atoms with van der Waals surface area (Å²) in [6.07, 6.45) is 2.81. The van der Waals surface area contributed by atoms with Gasteiger partial charge in [0.25, 0.3) is 5.22 Å². The second-order valence-electron chi connectivity index (χ2n) is 4.15. The van der Waals surface area contributed by atoms with E-state index < -0.39 is 16.0 Å². The van der Waals surface area contributed by atoms with Crippen LogP contribution in [-0.4, -0.2) is 42.9 Å². The van der Waals surface area contributed by atoms with Gasteiger partial charge in [-0.2, -0.15) is 0 Å². The zero-order valence-corrected chi connectivity index (χ0v) is 12.8. The van der Waals surface area contributed by atoms with Crippen LogP contribution in [0.4, 0.5) is 0 Å². The number of aromatic nitrogens is 1. The minimum atomic E-state index is -3.69. The lowest BCUT2D eigenvalue weighted by Gasteiger charge is -2.12. The number of hydrogen-bond donors (Lipinski definition) is 1. The van der Waals surface area contributed by atoms with Crippen molar-refractivity contribution < 1.29 is 22.7 Å². The molecule has 112 valence electrons. The second-order valence-corrected chi connectivity index (χ2v) is 7.30. The summed E-state index contributed by atoms with van der Waals surface area (Å²) in [7, 11) is -0.930. The average molecular weight is 328 g/mol. The molecule has 0 amide bonds. The largest absolute Gasteiger partial charge is 0.478 e. The molecule has 0 saturated heterocycles. The van der Waals surface area contributed by atoms with Crippen molar-refractivity contribution in [2.75, 3.05) is 14.1 Å². The number of aromatic carboxylic acids is 1. The highest BCUT2D eigenvalue weighted by molar-refractivity contribution is 7.99. The van der Waals surface area contributed by atoms with Gasteiger partial charge < -0.3 is 9.52 Å². The summed E-state index contributed by atoms with van der Waals surface area (Å²) in [4.78, 5) is 15.5. The molecule has 1 heterocycles. The number of oxazole rings is 1. The Labute approximate surface area is 125 Å². The van der Waals surface area contributed by atoms with Crippen LogP contribution in [0.3, 0.4) is 0 Å². The van der Waals surface area contributed by atoms with Crippen molar-refractivity contribution in [3.05, 3.63) is 36.2 Å². The first-order valence-corrected chi connectivity index (χ1v) is 7.95. The number of rotatable bonds is 5. The quantitative estimate of drug-likeness (QED) is 0.892. The number of benzene rings is 1. The molecule has 0 atom stereocenters. The van der Waals surface area contributed by atoms with Crippen molar-refractivity contribution in [3.8, 4) is 0 Å². The van der Waals surface area contributed by atoms with Crippen molar-refractivity contribution in [2.24, 2.45) is 0 Å². The van der Waals surface area contributed by atoms with Gasteiger partial charge in [0, 0.05) is 19.0 Å². The molecule has 0 saturated carbocycles. The highest BCUT2D eigenvalue weighted by Gasteiger charge is 2.21. The molecule has 1 aromatic heterocycles. The summed E-state index contributed by atoms with van der Waals surface area (Å²) < 4.78 is 30.1. The highest BCUT2D eigenvalue weighted by atomic mass is 32.2. The van der Waals surface area contributed by atoms with Gasteiger partial charge in [-0.3, -0.25) is 0 Å². The van der Waals surface area contributed by atoms with Crippen molar-refractivity contribution in [1.29, 1.82) is 0 Å². The maximum Gasteiger partial charge on any atom is 0.336 e. The number of sulfonamides is 1. The standard InChI is InChI=1S/C12H12N2O5S2/c1-14(2)21(17,18)8-3-4-10(9(7-8)11(15)16)20-12-13-5-6-19-12/h3-7H,1-2H3,(H,15,16). The Morgan fingerprint density at radius 2 is 2.10 bits per heavy atom. The first-order chi connectivity index (χ1) is 9.82. The Balaban J connectivity index is 2.48. The van der Waals surface area contributed by atoms with Gasteiger partial charge >= 0.3 is 5.97 Å². The molecule has 2 rings (SSSR count). The number of carboxylic acid groups (broad SMARTS) is 1. The van der Waals surface area contributed by atoms with Gasteiger partial charge in [-0.05, 0) is 30.0 Å². The van der Waals surface area contributed by atoms with Crippen LogP contribution in [0.25, 0.3) is 0 Å². The van der Waals surface area contributed by atoms with Crippen LogP contribution in [0.2, 0.25) is 0 Å². The van der Waals surface area contributed by atoms with Crippen molar-refractivity contribution in [1.82, 2.24) is 9.29 Å². The van der Waals surface area contributed by atoms with Crippen molar-refractivity contribution in [3.63, 3.8) is 0 Å². The molecule has 0 fully saturated rings. The number of hydrogen-bond acceptors (Lipinski definition) is 6. The summed E-state index contributed by atoms with van der Waals surface area (Å²) >= 11 is 1.01. The van der Waals surface area contributed by atoms with Crippen LogP contribution in [-0.2, 0) is 10.0 Å². The average Bonchev–Trinajstić information content (AvgIpc) is 2.91. The van der Waals surface area contributed by atoms with Gasteiger partial charge in [0.15, 0.2) is 0 Å². The first kappa shape index (κ1) is 15.5. The Hall–Kier alpha value is -1.84. The van der Waals surface area contributed by atoms with Crippen molar-refractivity contribution >= 4 is 27.8 Å². The normalized spacial score (nSPS) is 11.8. The van der Waals surface area contributed by atoms with E-state index >= 15 is 0 Å². The summed E-state index contributed by atoms with van der Waals surface area (Å²) in [5.41, 5.74) is -0.124. The Kier molecular flexibility index (Phi) is 4.35. The van der Waals surface area contributed by atoms with E-state index in [0.717, 1.165) is 22.1 Å². The smallest absolute Gasteiger partial charge is 0.336 e. The fourth-order valence-corrected chi connectivity index (χ4v) is 3.22. The van der Waals surface area contributed by atoms with Crippen LogP contribution < -0.4 is 0 Å². The van der Waals surface area contributed by atoms with Crippen LogP contribution in [0.1, 0.15) is 10.4 Å². The fourth-order valence-electron chi connectivity index (χ4n) is 1.49. The molecule has 1 aromatic carbocycles. The van der Waals surface area contributed by atoms with Gasteiger partial charge in [0.1, 0.15) is 6.26 Å². The third-order valence-electron chi connectivity index (χ3n) is 2.57. The van der Waals surface area contributed by atoms with E-state index in [1.807, 2.05) is 0 Å². The molecular formula is C12H12N2O5S2. The van der Waals surface area contributed by atoms with Gasteiger partial charge in [-0.15, -0.1) is 0 Å². The summed E-state index contributed by atoms with van der Waals surface area (Å²) in [6, 6.07) is 3.91. The summed E-state index contributed by atoms with van der Waals surface area (Å²) in [5.74, 6) is -1.22. The van der Waals surface area contributed by atoms with Crippen molar-refractivity contribution in [2.45, 2.75) is 15.0 Å². The van der Waals surface area contributed by atoms with E-state index in [-0.39, 0.29) is 15.7 Å². The van der Waals surface area contributed by atoms with E-state index in [9.17, 15) is 18.3 Å². The third kappa shape index (κ3) is 3.26. The van der Waals surface area contributed by atoms with Crippen LogP contribution in [0.15, 0.2) is 50.1 Å². The SMILES string of the molecule is CN(C)S(=O)(=O)c1ccc(Sc2ncco2)c(C(=O)O)c1. The third-order valence-corrected chi connectivity index (χ3v) is 5.33. The molecule has 9 heteroatoms. The van der Waals surface area contributed by atoms with E-state index in [1.165, 1.54) is 38.7 Å². The lowest BCUT2D eigenvalue weighted by atomic mass is 10.2. The Morgan fingerprint density at radius 3 is 2.62 bits per heavy atom. The lowest BCUT2D eigenvalue weighted by molar-refractivity contribution is 0.0693. The predicted molar refractivity (Wildman–Crippen MR) is 74.9 cm³/mol. The van der Waals surface area contributed by atoms with Gasteiger partial charge in [-0.25, -0.2) is 22.5 Å². The Bertz CT molecular complexity index is 754. The number of carbonyl (C=O) groups is 1. The predicted octanol–water partition coefficient (Wildman–Crippen LogP) is 1.77. The molecule has 2 aromatic rings. The van der Waals surface area contributed by atoms with Crippen LogP contribution >= 0.6 is 11.8 Å². The minimum absolute atomic E-state index is 0.0818. The molecule has 0 bridgehead atoms. The summed E-state index contributed by atoms with van der Waals surface area (Å²) in [6.45, 7) is 0. The molecule has 0 aliphatic carbocycles. The lowest BCUT2D eigenvalue weighted by Crippen LogP contribution is -2.22. The van der Waals surface area contributed by atoms with Crippen LogP contribution in [0.5, 0.6) is 0 Å². The molecule has 0 radical (unpaired) electrons. The van der Waals surface area contributed by atoms with E-state index in [4.69, 9.17) is 4.42 Å². The molecule has 7 nitrogen and oxygen atoms in total. The highest BCUT2D eigenvalue weighted by Crippen LogP contribution is 2.31. The topological polar surface area (TPSA) is 101 Å². The Morgan fingerprint density at radius 1 is 1.38 bits per heavy atom. The maximum atomic E-state index is 12.0. The molecular weight excluding hydrogens is 316 g/mol. The van der Waals surface area contributed by atoms with Gasteiger partial charge in [0.2, 0.25) is 10.0 Å². The first-order valence-electron chi connectivity index (χ1n) is 5.69. The molecule has 21 heavy (non-hydrogen) atoms. The van der Waals surface area contributed by atoms with E-state index in [0.29, 0.717) is 4.90 Å². The van der Waals surface area contributed by atoms with Gasteiger partial charge in [0.05, 0.1) is 16.7 Å². The molecule has 0 aliphatic rings. The van der Waals surface area contributed by atoms with E-state index in [2.05, 4.69) is 4.98 Å². The maximum absolute atomic E-state index is 12.0. The van der Waals surface area contributed by atoms with Crippen LogP contribution in [0, 0.1) is 0 Å². The van der Waals surface area contributed by atoms with E-state index in [1.54, 1.807) is 0 Å². The minimum Gasteiger partial charge on any atom is -0.478 e. The molecule has 0 spiro atoms. The van der Waals surface area contributed by atoms with Gasteiger partial charge in [-0.1, -0.05) is 0 Å². The fraction of sp³-hybridized carbons (Fsp3) is 0.167. The molecule has 0 aliphatic heterocycles. The monoisotopic (exact) mass is 328 g/mol. The molecule has 0 unspecified atom stereocenters. The number of nitrogens with zero attached hydrogens (tertiary/aromatic N) is 2. The zero-order valence-electron chi connectivity index (χ0n) is 11.2. The summed E-state index contributed by atoms with van der Waals surface area (Å²) in [5, 5.41) is 9.53. The zero-order chi connectivity index (χ0) is 15.6. The molecule has 1 N–H and O–H groups in total. The second kappa shape index (κ2) is 5.88. The number of carboxylic acids is 1.